The van der Waals surface area contributed by atoms with E-state index in [1.54, 1.807) is 11.8 Å². The Kier molecular flexibility index (Phi) is 5.31. The van der Waals surface area contributed by atoms with Crippen molar-refractivity contribution >= 4 is 33.4 Å². The number of aliphatic hydroxyl groups is 1. The predicted molar refractivity (Wildman–Crippen MR) is 85.8 cm³/mol. The van der Waals surface area contributed by atoms with Gasteiger partial charge >= 0.3 is 0 Å². The summed E-state index contributed by atoms with van der Waals surface area (Å²) in [5.41, 5.74) is 1.93. The van der Waals surface area contributed by atoms with Crippen LogP contribution in [0.2, 0.25) is 0 Å². The lowest BCUT2D eigenvalue weighted by Crippen LogP contribution is -2.12. The fourth-order valence-electron chi connectivity index (χ4n) is 1.76. The van der Waals surface area contributed by atoms with E-state index in [1.807, 2.05) is 36.4 Å². The van der Waals surface area contributed by atoms with Gasteiger partial charge in [-0.05, 0) is 48.2 Å². The molecule has 0 fully saturated rings. The molecule has 2 aromatic rings. The maximum Gasteiger partial charge on any atom is 0.0962 e. The summed E-state index contributed by atoms with van der Waals surface area (Å²) in [6.07, 6.45) is 1.54. The van der Waals surface area contributed by atoms with Gasteiger partial charge < -0.3 is 10.4 Å². The molecule has 0 amide bonds. The average molecular weight is 338 g/mol. The highest BCUT2D eigenvalue weighted by Crippen LogP contribution is 2.20. The molecular formula is C15H16BrNOS. The Hall–Kier alpha value is -0.970. The van der Waals surface area contributed by atoms with Gasteiger partial charge in [-0.2, -0.15) is 0 Å². The molecule has 2 aromatic carbocycles. The SMILES string of the molecule is CSc1ccc(NCC(O)c2cccc(Br)c2)cc1. The van der Waals surface area contributed by atoms with Crippen LogP contribution in [-0.2, 0) is 0 Å². The van der Waals surface area contributed by atoms with E-state index >= 15 is 0 Å². The predicted octanol–water partition coefficient (Wildman–Crippen LogP) is 4.32. The van der Waals surface area contributed by atoms with Crippen molar-refractivity contribution in [2.24, 2.45) is 0 Å². The van der Waals surface area contributed by atoms with Gasteiger partial charge in [-0.3, -0.25) is 0 Å². The van der Waals surface area contributed by atoms with E-state index in [2.05, 4.69) is 39.6 Å². The third kappa shape index (κ3) is 4.27. The van der Waals surface area contributed by atoms with Gasteiger partial charge in [0.25, 0.3) is 0 Å². The number of thioether (sulfide) groups is 1. The first-order valence-corrected chi connectivity index (χ1v) is 8.02. The van der Waals surface area contributed by atoms with E-state index in [0.29, 0.717) is 6.54 Å². The van der Waals surface area contributed by atoms with Gasteiger partial charge in [-0.25, -0.2) is 0 Å². The largest absolute Gasteiger partial charge is 0.387 e. The Morgan fingerprint density at radius 2 is 1.95 bits per heavy atom. The maximum absolute atomic E-state index is 10.1. The highest BCUT2D eigenvalue weighted by molar-refractivity contribution is 9.10. The third-order valence-corrected chi connectivity index (χ3v) is 4.06. The van der Waals surface area contributed by atoms with E-state index in [-0.39, 0.29) is 0 Å². The maximum atomic E-state index is 10.1. The molecule has 0 aliphatic rings. The molecule has 4 heteroatoms. The minimum absolute atomic E-state index is 0.495. The number of anilines is 1. The second-order valence-corrected chi connectivity index (χ2v) is 5.98. The zero-order valence-electron chi connectivity index (χ0n) is 10.6. The zero-order chi connectivity index (χ0) is 13.7. The summed E-state index contributed by atoms with van der Waals surface area (Å²) in [4.78, 5) is 1.23. The van der Waals surface area contributed by atoms with Crippen LogP contribution in [0.5, 0.6) is 0 Å². The molecule has 0 aromatic heterocycles. The molecule has 0 radical (unpaired) electrons. The smallest absolute Gasteiger partial charge is 0.0962 e. The summed E-state index contributed by atoms with van der Waals surface area (Å²) in [5.74, 6) is 0. The first kappa shape index (κ1) is 14.4. The monoisotopic (exact) mass is 337 g/mol. The Balaban J connectivity index is 1.94. The van der Waals surface area contributed by atoms with Gasteiger partial charge in [0.2, 0.25) is 0 Å². The second kappa shape index (κ2) is 6.98. The molecule has 0 saturated carbocycles. The van der Waals surface area contributed by atoms with Crippen LogP contribution in [0.1, 0.15) is 11.7 Å². The van der Waals surface area contributed by atoms with Gasteiger partial charge in [0, 0.05) is 21.6 Å². The van der Waals surface area contributed by atoms with Gasteiger partial charge in [-0.1, -0.05) is 28.1 Å². The minimum Gasteiger partial charge on any atom is -0.387 e. The van der Waals surface area contributed by atoms with Crippen molar-refractivity contribution in [1.29, 1.82) is 0 Å². The lowest BCUT2D eigenvalue weighted by atomic mass is 10.1. The van der Waals surface area contributed by atoms with Crippen LogP contribution in [0.15, 0.2) is 57.9 Å². The fraction of sp³-hybridized carbons (Fsp3) is 0.200. The van der Waals surface area contributed by atoms with Crippen molar-refractivity contribution in [2.45, 2.75) is 11.0 Å². The van der Waals surface area contributed by atoms with Crippen molar-refractivity contribution < 1.29 is 5.11 Å². The summed E-state index contributed by atoms with van der Waals surface area (Å²) in [5, 5.41) is 13.4. The molecule has 0 spiro atoms. The second-order valence-electron chi connectivity index (χ2n) is 4.18. The first-order valence-electron chi connectivity index (χ1n) is 6.00. The van der Waals surface area contributed by atoms with E-state index in [9.17, 15) is 5.11 Å². The Bertz CT molecular complexity index is 530. The quantitative estimate of drug-likeness (QED) is 0.797. The van der Waals surface area contributed by atoms with E-state index < -0.39 is 6.10 Å². The number of rotatable bonds is 5. The molecule has 1 unspecified atom stereocenters. The van der Waals surface area contributed by atoms with E-state index in [0.717, 1.165) is 15.7 Å². The highest BCUT2D eigenvalue weighted by Gasteiger charge is 2.07. The van der Waals surface area contributed by atoms with Crippen LogP contribution in [0.3, 0.4) is 0 Å². The van der Waals surface area contributed by atoms with E-state index in [1.165, 1.54) is 4.90 Å². The van der Waals surface area contributed by atoms with Crippen molar-refractivity contribution in [3.63, 3.8) is 0 Å². The Labute approximate surface area is 126 Å². The molecule has 19 heavy (non-hydrogen) atoms. The zero-order valence-corrected chi connectivity index (χ0v) is 13.0. The lowest BCUT2D eigenvalue weighted by Gasteiger charge is -2.13. The van der Waals surface area contributed by atoms with Crippen molar-refractivity contribution in [2.75, 3.05) is 18.1 Å². The van der Waals surface area contributed by atoms with Gasteiger partial charge in [-0.15, -0.1) is 11.8 Å². The van der Waals surface area contributed by atoms with Crippen LogP contribution < -0.4 is 5.32 Å². The number of aliphatic hydroxyl groups excluding tert-OH is 1. The van der Waals surface area contributed by atoms with Crippen LogP contribution in [-0.4, -0.2) is 17.9 Å². The van der Waals surface area contributed by atoms with Crippen LogP contribution >= 0.6 is 27.7 Å². The summed E-state index contributed by atoms with van der Waals surface area (Å²) < 4.78 is 0.980. The molecule has 0 bridgehead atoms. The molecule has 2 rings (SSSR count). The number of halogens is 1. The molecule has 0 aliphatic carbocycles. The Morgan fingerprint density at radius 1 is 1.21 bits per heavy atom. The fourth-order valence-corrected chi connectivity index (χ4v) is 2.58. The summed E-state index contributed by atoms with van der Waals surface area (Å²) >= 11 is 5.13. The summed E-state index contributed by atoms with van der Waals surface area (Å²) in [6.45, 7) is 0.495. The standard InChI is InChI=1S/C15H16BrNOS/c1-19-14-7-5-13(6-8-14)17-10-15(18)11-3-2-4-12(16)9-11/h2-9,15,17-18H,10H2,1H3. The normalized spacial score (nSPS) is 12.2. The van der Waals surface area contributed by atoms with Crippen LogP contribution in [0.4, 0.5) is 5.69 Å². The van der Waals surface area contributed by atoms with Crippen molar-refractivity contribution in [3.05, 3.63) is 58.6 Å². The van der Waals surface area contributed by atoms with Gasteiger partial charge in [0.1, 0.15) is 0 Å². The van der Waals surface area contributed by atoms with Crippen LogP contribution in [0, 0.1) is 0 Å². The van der Waals surface area contributed by atoms with Gasteiger partial charge in [0.05, 0.1) is 6.10 Å². The summed E-state index contributed by atoms with van der Waals surface area (Å²) in [7, 11) is 0. The topological polar surface area (TPSA) is 32.3 Å². The molecule has 2 N–H and O–H groups in total. The van der Waals surface area contributed by atoms with E-state index in [4.69, 9.17) is 0 Å². The number of hydrogen-bond acceptors (Lipinski definition) is 3. The average Bonchev–Trinajstić information content (AvgIpc) is 2.45. The van der Waals surface area contributed by atoms with Gasteiger partial charge in [0.15, 0.2) is 0 Å². The molecule has 0 heterocycles. The number of hydrogen-bond donors (Lipinski definition) is 2. The van der Waals surface area contributed by atoms with Crippen molar-refractivity contribution in [3.8, 4) is 0 Å². The highest BCUT2D eigenvalue weighted by atomic mass is 79.9. The molecule has 100 valence electrons. The molecule has 0 saturated heterocycles. The minimum atomic E-state index is -0.516. The molecular weight excluding hydrogens is 322 g/mol. The molecule has 1 atom stereocenters. The molecule has 0 aliphatic heterocycles. The van der Waals surface area contributed by atoms with Crippen LogP contribution in [0.25, 0.3) is 0 Å². The lowest BCUT2D eigenvalue weighted by molar-refractivity contribution is 0.191. The number of nitrogens with one attached hydrogen (secondary N) is 1. The number of benzene rings is 2. The van der Waals surface area contributed by atoms with Crippen molar-refractivity contribution in [1.82, 2.24) is 0 Å². The first-order chi connectivity index (χ1) is 9.19. The summed E-state index contributed by atoms with van der Waals surface area (Å²) in [6, 6.07) is 15.9. The molecule has 2 nitrogen and oxygen atoms in total. The third-order valence-electron chi connectivity index (χ3n) is 2.82. The Morgan fingerprint density at radius 3 is 2.58 bits per heavy atom.